The minimum absolute atomic E-state index is 0.0456. The molecule has 0 amide bonds. The zero-order valence-corrected chi connectivity index (χ0v) is 12.8. The summed E-state index contributed by atoms with van der Waals surface area (Å²) in [5, 5.41) is 9.41. The molecule has 0 unspecified atom stereocenters. The molecule has 1 aromatic carbocycles. The molecule has 1 aromatic rings. The number of carbonyl (C=O) groups is 1. The summed E-state index contributed by atoms with van der Waals surface area (Å²) in [5.74, 6) is -1.75. The molecule has 0 bridgehead atoms. The van der Waals surface area contributed by atoms with Crippen LogP contribution in [0, 0.1) is 6.92 Å². The standard InChI is InChI=1S/C15H14ClF3O3/c1-6(2)8-5-11(16)7(3)9-4-10(14(20)21)13(15(17,18)19)22-12(8)9/h4-6,13H,1-3H3,(H,20,21)/t13-/m1/s1. The Morgan fingerprint density at radius 1 is 1.41 bits per heavy atom. The van der Waals surface area contributed by atoms with Crippen molar-refractivity contribution in [1.29, 1.82) is 0 Å². The van der Waals surface area contributed by atoms with Crippen LogP contribution in [0.25, 0.3) is 6.08 Å². The third kappa shape index (κ3) is 2.79. The lowest BCUT2D eigenvalue weighted by molar-refractivity contribution is -0.187. The first kappa shape index (κ1) is 16.7. The zero-order chi connectivity index (χ0) is 16.8. The third-order valence-corrected chi connectivity index (χ3v) is 3.93. The second-order valence-electron chi connectivity index (χ2n) is 5.41. The van der Waals surface area contributed by atoms with Crippen LogP contribution in [-0.2, 0) is 4.79 Å². The Balaban J connectivity index is 2.75. The van der Waals surface area contributed by atoms with Crippen molar-refractivity contribution < 1.29 is 27.8 Å². The van der Waals surface area contributed by atoms with Gasteiger partial charge in [0.15, 0.2) is 0 Å². The minimum atomic E-state index is -4.82. The van der Waals surface area contributed by atoms with Crippen LogP contribution in [0.4, 0.5) is 13.2 Å². The van der Waals surface area contributed by atoms with Gasteiger partial charge in [0.05, 0.1) is 5.57 Å². The van der Waals surface area contributed by atoms with Crippen molar-refractivity contribution in [3.8, 4) is 5.75 Å². The van der Waals surface area contributed by atoms with E-state index in [1.807, 2.05) is 0 Å². The summed E-state index contributed by atoms with van der Waals surface area (Å²) in [7, 11) is 0. The van der Waals surface area contributed by atoms with Crippen LogP contribution in [0.15, 0.2) is 11.6 Å². The van der Waals surface area contributed by atoms with Gasteiger partial charge in [-0.2, -0.15) is 13.2 Å². The van der Waals surface area contributed by atoms with E-state index in [1.165, 1.54) is 0 Å². The van der Waals surface area contributed by atoms with Crippen LogP contribution in [-0.4, -0.2) is 23.4 Å². The van der Waals surface area contributed by atoms with Crippen molar-refractivity contribution >= 4 is 23.6 Å². The van der Waals surface area contributed by atoms with Crippen LogP contribution < -0.4 is 4.74 Å². The highest BCUT2D eigenvalue weighted by Gasteiger charge is 2.49. The molecule has 0 aromatic heterocycles. The second kappa shape index (κ2) is 5.50. The highest BCUT2D eigenvalue weighted by molar-refractivity contribution is 6.31. The van der Waals surface area contributed by atoms with Gasteiger partial charge in [-0.3, -0.25) is 0 Å². The molecule has 1 heterocycles. The van der Waals surface area contributed by atoms with Gasteiger partial charge >= 0.3 is 12.1 Å². The largest absolute Gasteiger partial charge is 0.478 e. The van der Waals surface area contributed by atoms with E-state index in [2.05, 4.69) is 0 Å². The summed E-state index contributed by atoms with van der Waals surface area (Å²) >= 11 is 6.09. The normalized spacial score (nSPS) is 17.8. The second-order valence-corrected chi connectivity index (χ2v) is 5.82. The molecule has 0 spiro atoms. The van der Waals surface area contributed by atoms with Gasteiger partial charge in [0.1, 0.15) is 5.75 Å². The van der Waals surface area contributed by atoms with Crippen LogP contribution >= 0.6 is 11.6 Å². The number of aliphatic carboxylic acids is 1. The van der Waals surface area contributed by atoms with Gasteiger partial charge in [0.25, 0.3) is 0 Å². The Kier molecular flexibility index (Phi) is 4.17. The number of carboxylic acid groups (broad SMARTS) is 1. The van der Waals surface area contributed by atoms with E-state index >= 15 is 0 Å². The summed E-state index contributed by atoms with van der Waals surface area (Å²) in [6.07, 6.45) is -6.30. The number of fused-ring (bicyclic) bond motifs is 1. The molecule has 2 rings (SSSR count). The van der Waals surface area contributed by atoms with Crippen molar-refractivity contribution in [2.45, 2.75) is 39.0 Å². The molecule has 22 heavy (non-hydrogen) atoms. The maximum absolute atomic E-state index is 13.1. The van der Waals surface area contributed by atoms with Gasteiger partial charge in [0, 0.05) is 10.6 Å². The fraction of sp³-hybridized carbons (Fsp3) is 0.400. The van der Waals surface area contributed by atoms with E-state index in [0.717, 1.165) is 6.08 Å². The fourth-order valence-corrected chi connectivity index (χ4v) is 2.55. The van der Waals surface area contributed by atoms with Crippen molar-refractivity contribution in [1.82, 2.24) is 0 Å². The molecule has 0 radical (unpaired) electrons. The molecule has 1 aliphatic heterocycles. The van der Waals surface area contributed by atoms with Crippen molar-refractivity contribution in [2.75, 3.05) is 0 Å². The molecule has 0 aliphatic carbocycles. The van der Waals surface area contributed by atoms with Gasteiger partial charge in [-0.25, -0.2) is 4.79 Å². The van der Waals surface area contributed by atoms with Crippen molar-refractivity contribution in [3.05, 3.63) is 33.4 Å². The van der Waals surface area contributed by atoms with Crippen LogP contribution in [0.3, 0.4) is 0 Å². The van der Waals surface area contributed by atoms with E-state index in [9.17, 15) is 18.0 Å². The lowest BCUT2D eigenvalue weighted by Crippen LogP contribution is -2.40. The number of carboxylic acids is 1. The maximum atomic E-state index is 13.1. The number of hydrogen-bond acceptors (Lipinski definition) is 2. The van der Waals surface area contributed by atoms with Crippen molar-refractivity contribution in [3.63, 3.8) is 0 Å². The lowest BCUT2D eigenvalue weighted by atomic mass is 9.91. The molecule has 3 nitrogen and oxygen atoms in total. The molecule has 120 valence electrons. The number of alkyl halides is 3. The molecule has 0 saturated heterocycles. The van der Waals surface area contributed by atoms with Gasteiger partial charge in [-0.05, 0) is 36.1 Å². The van der Waals surface area contributed by atoms with Crippen LogP contribution in [0.5, 0.6) is 5.75 Å². The molecule has 1 aliphatic rings. The first-order valence-corrected chi connectivity index (χ1v) is 6.93. The zero-order valence-electron chi connectivity index (χ0n) is 12.1. The molecular weight excluding hydrogens is 321 g/mol. The van der Waals surface area contributed by atoms with Gasteiger partial charge < -0.3 is 9.84 Å². The highest BCUT2D eigenvalue weighted by Crippen LogP contribution is 2.44. The van der Waals surface area contributed by atoms with E-state index in [0.29, 0.717) is 16.1 Å². The van der Waals surface area contributed by atoms with Crippen molar-refractivity contribution in [2.24, 2.45) is 0 Å². The number of halogens is 4. The van der Waals surface area contributed by atoms with Gasteiger partial charge in [-0.15, -0.1) is 0 Å². The monoisotopic (exact) mass is 334 g/mol. The quantitative estimate of drug-likeness (QED) is 0.862. The first-order valence-electron chi connectivity index (χ1n) is 6.55. The summed E-state index contributed by atoms with van der Waals surface area (Å²) in [6, 6.07) is 1.56. The van der Waals surface area contributed by atoms with Crippen LogP contribution in [0.1, 0.15) is 36.5 Å². The summed E-state index contributed by atoms with van der Waals surface area (Å²) in [4.78, 5) is 11.2. The fourth-order valence-electron chi connectivity index (χ4n) is 2.33. The predicted molar refractivity (Wildman–Crippen MR) is 76.4 cm³/mol. The highest BCUT2D eigenvalue weighted by atomic mass is 35.5. The maximum Gasteiger partial charge on any atom is 0.430 e. The Labute approximate surface area is 130 Å². The third-order valence-electron chi connectivity index (χ3n) is 3.54. The Bertz CT molecular complexity index is 663. The predicted octanol–water partition coefficient (Wildman–Crippen LogP) is 4.56. The smallest absolute Gasteiger partial charge is 0.430 e. The average Bonchev–Trinajstić information content (AvgIpc) is 2.40. The average molecular weight is 335 g/mol. The Hall–Kier alpha value is -1.69. The molecular formula is C15H14ClF3O3. The molecule has 1 atom stereocenters. The molecule has 7 heteroatoms. The number of benzene rings is 1. The SMILES string of the molecule is Cc1c(Cl)cc(C(C)C)c2c1C=C(C(=O)O)[C@H](C(F)(F)F)O2. The minimum Gasteiger partial charge on any atom is -0.478 e. The number of hydrogen-bond donors (Lipinski definition) is 1. The Morgan fingerprint density at radius 2 is 2.00 bits per heavy atom. The summed E-state index contributed by atoms with van der Waals surface area (Å²) in [5.41, 5.74) is 0.440. The van der Waals surface area contributed by atoms with Gasteiger partial charge in [0.2, 0.25) is 6.10 Å². The molecule has 0 fully saturated rings. The van der Waals surface area contributed by atoms with E-state index in [-0.39, 0.29) is 17.2 Å². The number of rotatable bonds is 2. The van der Waals surface area contributed by atoms with E-state index in [1.54, 1.807) is 26.8 Å². The molecule has 1 N–H and O–H groups in total. The molecule has 0 saturated carbocycles. The topological polar surface area (TPSA) is 46.5 Å². The van der Waals surface area contributed by atoms with Gasteiger partial charge in [-0.1, -0.05) is 25.4 Å². The lowest BCUT2D eigenvalue weighted by Gasteiger charge is -2.30. The summed E-state index contributed by atoms with van der Waals surface area (Å²) in [6.45, 7) is 5.20. The number of ether oxygens (including phenoxy) is 1. The van der Waals surface area contributed by atoms with Crippen LogP contribution in [0.2, 0.25) is 5.02 Å². The summed E-state index contributed by atoms with van der Waals surface area (Å²) < 4.78 is 44.4. The Morgan fingerprint density at radius 3 is 2.45 bits per heavy atom. The van der Waals surface area contributed by atoms with E-state index < -0.39 is 23.8 Å². The first-order chi connectivity index (χ1) is 10.0. The van der Waals surface area contributed by atoms with E-state index in [4.69, 9.17) is 21.4 Å².